The van der Waals surface area contributed by atoms with Gasteiger partial charge in [0.2, 0.25) is 0 Å². The lowest BCUT2D eigenvalue weighted by atomic mass is 9.73. The molecule has 0 radical (unpaired) electrons. The molecule has 1 saturated heterocycles. The highest BCUT2D eigenvalue weighted by Gasteiger charge is 2.55. The maximum absolute atomic E-state index is 12.3. The second-order valence-corrected chi connectivity index (χ2v) is 6.78. The minimum atomic E-state index is -0.0210. The van der Waals surface area contributed by atoms with E-state index in [1.54, 1.807) is 0 Å². The van der Waals surface area contributed by atoms with Crippen LogP contribution in [0.5, 0.6) is 0 Å². The van der Waals surface area contributed by atoms with Gasteiger partial charge in [0, 0.05) is 16.0 Å². The zero-order chi connectivity index (χ0) is 14.1. The Labute approximate surface area is 130 Å². The zero-order valence-electron chi connectivity index (χ0n) is 11.0. The Balaban J connectivity index is 1.73. The number of rotatable bonds is 0. The van der Waals surface area contributed by atoms with Crippen LogP contribution in [0.2, 0.25) is 0 Å². The van der Waals surface area contributed by atoms with Crippen LogP contribution in [0.1, 0.15) is 45.2 Å². The summed E-state index contributed by atoms with van der Waals surface area (Å²) < 4.78 is 7.21. The van der Waals surface area contributed by atoms with Gasteiger partial charge >= 0.3 is 0 Å². The predicted molar refractivity (Wildman–Crippen MR) is 81.1 cm³/mol. The third-order valence-electron chi connectivity index (χ3n) is 4.86. The van der Waals surface area contributed by atoms with Crippen LogP contribution in [0.3, 0.4) is 0 Å². The zero-order valence-corrected chi connectivity index (χ0v) is 12.6. The van der Waals surface area contributed by atoms with Crippen molar-refractivity contribution in [2.45, 2.75) is 24.2 Å². The second kappa shape index (κ2) is 3.96. The van der Waals surface area contributed by atoms with Crippen molar-refractivity contribution in [3.63, 3.8) is 0 Å². The van der Waals surface area contributed by atoms with Crippen molar-refractivity contribution in [2.75, 3.05) is 0 Å². The van der Waals surface area contributed by atoms with Crippen molar-refractivity contribution in [2.24, 2.45) is 0 Å². The maximum atomic E-state index is 12.3. The topological polar surface area (TPSA) is 38.3 Å². The van der Waals surface area contributed by atoms with Gasteiger partial charge < -0.3 is 10.1 Å². The molecule has 5 rings (SSSR count). The summed E-state index contributed by atoms with van der Waals surface area (Å²) in [7, 11) is 0. The largest absolute Gasteiger partial charge is 0.363 e. The van der Waals surface area contributed by atoms with Crippen molar-refractivity contribution in [3.8, 4) is 0 Å². The fourth-order valence-corrected chi connectivity index (χ4v) is 4.41. The summed E-state index contributed by atoms with van der Waals surface area (Å²) in [4.78, 5) is 12.3. The molecule has 3 aliphatic rings. The lowest BCUT2D eigenvalue weighted by Gasteiger charge is -2.35. The molecule has 1 amide bonds. The van der Waals surface area contributed by atoms with E-state index in [-0.39, 0.29) is 30.1 Å². The van der Waals surface area contributed by atoms with Crippen molar-refractivity contribution in [1.29, 1.82) is 0 Å². The van der Waals surface area contributed by atoms with Crippen LogP contribution in [0.15, 0.2) is 46.9 Å². The molecule has 2 aromatic carbocycles. The van der Waals surface area contributed by atoms with Crippen molar-refractivity contribution in [3.05, 3.63) is 69.2 Å². The number of benzene rings is 2. The molecular formula is C17H12BrNO2. The number of nitrogens with one attached hydrogen (secondary N) is 1. The summed E-state index contributed by atoms with van der Waals surface area (Å²) in [6.45, 7) is 0. The van der Waals surface area contributed by atoms with E-state index in [0.29, 0.717) is 0 Å². The minimum absolute atomic E-state index is 0.00683. The fraction of sp³-hybridized carbons (Fsp3) is 0.235. The van der Waals surface area contributed by atoms with E-state index in [4.69, 9.17) is 4.74 Å². The molecule has 104 valence electrons. The van der Waals surface area contributed by atoms with Crippen LogP contribution in [-0.4, -0.2) is 11.9 Å². The molecule has 0 aliphatic carbocycles. The number of halogens is 1. The molecule has 0 spiro atoms. The molecule has 1 fully saturated rings. The fourth-order valence-electron chi connectivity index (χ4n) is 4.03. The van der Waals surface area contributed by atoms with Crippen LogP contribution in [0, 0.1) is 0 Å². The summed E-state index contributed by atoms with van der Waals surface area (Å²) in [5.74, 6) is 0.211. The van der Waals surface area contributed by atoms with E-state index in [1.165, 1.54) is 11.1 Å². The van der Waals surface area contributed by atoms with Gasteiger partial charge in [-0.1, -0.05) is 40.2 Å². The molecule has 2 unspecified atom stereocenters. The molecular weight excluding hydrogens is 330 g/mol. The predicted octanol–water partition coefficient (Wildman–Crippen LogP) is 3.47. The van der Waals surface area contributed by atoms with Gasteiger partial charge in [-0.2, -0.15) is 0 Å². The first-order valence-corrected chi connectivity index (χ1v) is 7.88. The average Bonchev–Trinajstić information content (AvgIpc) is 3.04. The van der Waals surface area contributed by atoms with Gasteiger partial charge in [-0.05, 0) is 34.9 Å². The Kier molecular flexibility index (Phi) is 2.25. The number of fused-ring (bicyclic) bond motifs is 10. The highest BCUT2D eigenvalue weighted by atomic mass is 79.9. The first kappa shape index (κ1) is 12.0. The lowest BCUT2D eigenvalue weighted by Crippen LogP contribution is -2.46. The molecule has 1 N–H and O–H groups in total. The molecule has 0 saturated carbocycles. The Morgan fingerprint density at radius 3 is 2.57 bits per heavy atom. The number of hydrogen-bond donors (Lipinski definition) is 1. The third-order valence-corrected chi connectivity index (χ3v) is 5.35. The summed E-state index contributed by atoms with van der Waals surface area (Å²) in [6.07, 6.45) is 0.0251. The molecule has 4 atom stereocenters. The van der Waals surface area contributed by atoms with Gasteiger partial charge in [0.25, 0.3) is 5.91 Å². The van der Waals surface area contributed by atoms with Crippen LogP contribution >= 0.6 is 15.9 Å². The number of ether oxygens (including phenoxy) is 1. The number of carbonyl (C=O) groups excluding carboxylic acids is 1. The van der Waals surface area contributed by atoms with Crippen LogP contribution < -0.4 is 5.32 Å². The number of carbonyl (C=O) groups is 1. The van der Waals surface area contributed by atoms with E-state index >= 15 is 0 Å². The molecule has 3 heterocycles. The number of amides is 1. The van der Waals surface area contributed by atoms with E-state index < -0.39 is 0 Å². The van der Waals surface area contributed by atoms with Crippen molar-refractivity contribution < 1.29 is 9.53 Å². The van der Waals surface area contributed by atoms with Gasteiger partial charge in [0.15, 0.2) is 0 Å². The molecule has 4 heteroatoms. The summed E-state index contributed by atoms with van der Waals surface area (Å²) in [6, 6.07) is 14.3. The Morgan fingerprint density at radius 2 is 1.76 bits per heavy atom. The summed E-state index contributed by atoms with van der Waals surface area (Å²) in [5, 5.41) is 3.15. The monoisotopic (exact) mass is 341 g/mol. The summed E-state index contributed by atoms with van der Waals surface area (Å²) >= 11 is 3.52. The van der Waals surface area contributed by atoms with Gasteiger partial charge in [-0.25, -0.2) is 0 Å². The molecule has 3 aliphatic heterocycles. The second-order valence-electron chi connectivity index (χ2n) is 5.86. The lowest BCUT2D eigenvalue weighted by molar-refractivity contribution is 0.0611. The SMILES string of the molecule is O=C1NC2C(c3cc(Br)ccc31)[C@@H]1O[C@H]2c2ccccc21. The van der Waals surface area contributed by atoms with Crippen LogP contribution in [-0.2, 0) is 4.74 Å². The molecule has 3 nitrogen and oxygen atoms in total. The van der Waals surface area contributed by atoms with E-state index in [2.05, 4.69) is 45.5 Å². The normalized spacial score (nSPS) is 31.4. The first-order valence-electron chi connectivity index (χ1n) is 7.08. The smallest absolute Gasteiger partial charge is 0.251 e. The Hall–Kier alpha value is -1.65. The first-order chi connectivity index (χ1) is 10.2. The third kappa shape index (κ3) is 1.44. The van der Waals surface area contributed by atoms with Gasteiger partial charge in [0.1, 0.15) is 6.10 Å². The van der Waals surface area contributed by atoms with Gasteiger partial charge in [-0.3, -0.25) is 4.79 Å². The maximum Gasteiger partial charge on any atom is 0.251 e. The minimum Gasteiger partial charge on any atom is -0.363 e. The van der Waals surface area contributed by atoms with Gasteiger partial charge in [-0.15, -0.1) is 0 Å². The number of hydrogen-bond acceptors (Lipinski definition) is 2. The van der Waals surface area contributed by atoms with E-state index in [9.17, 15) is 4.79 Å². The van der Waals surface area contributed by atoms with E-state index in [1.807, 2.05) is 18.2 Å². The van der Waals surface area contributed by atoms with Crippen LogP contribution in [0.4, 0.5) is 0 Å². The quantitative estimate of drug-likeness (QED) is 0.796. The molecule has 0 aromatic heterocycles. The molecule has 2 bridgehead atoms. The van der Waals surface area contributed by atoms with Crippen molar-refractivity contribution in [1.82, 2.24) is 5.32 Å². The Bertz CT molecular complexity index is 788. The van der Waals surface area contributed by atoms with E-state index in [0.717, 1.165) is 15.6 Å². The van der Waals surface area contributed by atoms with Crippen molar-refractivity contribution >= 4 is 21.8 Å². The van der Waals surface area contributed by atoms with Crippen LogP contribution in [0.25, 0.3) is 0 Å². The highest BCUT2D eigenvalue weighted by molar-refractivity contribution is 9.10. The average molecular weight is 342 g/mol. The standard InChI is InChI=1S/C17H12BrNO2/c18-8-5-6-11-12(7-8)13-14(19-17(11)20)16-10-4-2-1-3-9(10)15(13)21-16/h1-7,13-16H,(H,19,20)/t13?,14?,15-,16+/m1/s1. The Morgan fingerprint density at radius 1 is 1.00 bits per heavy atom. The highest BCUT2D eigenvalue weighted by Crippen LogP contribution is 2.59. The molecule has 2 aromatic rings. The summed E-state index contributed by atoms with van der Waals surface area (Å²) in [5.41, 5.74) is 4.36. The van der Waals surface area contributed by atoms with Gasteiger partial charge in [0.05, 0.1) is 12.1 Å². The molecule has 21 heavy (non-hydrogen) atoms.